The quantitative estimate of drug-likeness (QED) is 0.675. The van der Waals surface area contributed by atoms with Crippen LogP contribution in [0.5, 0.6) is 0 Å². The molecule has 0 radical (unpaired) electrons. The molecule has 1 fully saturated rings. The van der Waals surface area contributed by atoms with Crippen LogP contribution < -0.4 is 5.32 Å². The second kappa shape index (κ2) is 9.34. The van der Waals surface area contributed by atoms with Gasteiger partial charge >= 0.3 is 6.03 Å². The largest absolute Gasteiger partial charge is 0.336 e. The SMILES string of the molecule is CN1C(=O)NC(=O)C2C1N=C(SCC(=O)c1ccccc1)N2CCCc1ccccc1. The van der Waals surface area contributed by atoms with E-state index in [0.29, 0.717) is 17.3 Å². The standard InChI is InChI=1S/C23H24N4O3S/c1-26-20-19(21(29)25-22(26)30)27(14-8-11-16-9-4-2-5-10-16)23(24-20)31-15-18(28)17-12-6-3-7-13-17/h2-7,9-10,12-13,19-20H,8,11,14-15H2,1H3,(H,25,29,30). The van der Waals surface area contributed by atoms with E-state index >= 15 is 0 Å². The molecule has 2 aromatic carbocycles. The van der Waals surface area contributed by atoms with Crippen molar-refractivity contribution in [1.29, 1.82) is 0 Å². The lowest BCUT2D eigenvalue weighted by Gasteiger charge is -2.36. The van der Waals surface area contributed by atoms with Crippen LogP contribution in [-0.2, 0) is 11.2 Å². The molecule has 0 aromatic heterocycles. The van der Waals surface area contributed by atoms with Gasteiger partial charge in [0.2, 0.25) is 0 Å². The normalized spacial score (nSPS) is 20.4. The van der Waals surface area contributed by atoms with E-state index in [1.54, 1.807) is 19.2 Å². The van der Waals surface area contributed by atoms with Gasteiger partial charge in [0, 0.05) is 19.2 Å². The Balaban J connectivity index is 1.47. The van der Waals surface area contributed by atoms with E-state index < -0.39 is 18.2 Å². The molecule has 0 aliphatic carbocycles. The maximum atomic E-state index is 12.6. The lowest BCUT2D eigenvalue weighted by atomic mass is 10.1. The number of hydrogen-bond acceptors (Lipinski definition) is 6. The van der Waals surface area contributed by atoms with E-state index in [0.717, 1.165) is 12.8 Å². The first-order valence-electron chi connectivity index (χ1n) is 10.2. The number of carbonyl (C=O) groups excluding carboxylic acids is 3. The minimum Gasteiger partial charge on any atom is -0.336 e. The van der Waals surface area contributed by atoms with Crippen molar-refractivity contribution in [3.8, 4) is 0 Å². The van der Waals surface area contributed by atoms with Crippen molar-refractivity contribution in [2.24, 2.45) is 4.99 Å². The molecule has 2 aliphatic rings. The molecule has 2 unspecified atom stereocenters. The lowest BCUT2D eigenvalue weighted by molar-refractivity contribution is -0.127. The molecular weight excluding hydrogens is 412 g/mol. The van der Waals surface area contributed by atoms with Crippen LogP contribution >= 0.6 is 11.8 Å². The van der Waals surface area contributed by atoms with Crippen molar-refractivity contribution in [3.63, 3.8) is 0 Å². The predicted molar refractivity (Wildman–Crippen MR) is 121 cm³/mol. The molecular formula is C23H24N4O3S. The highest BCUT2D eigenvalue weighted by molar-refractivity contribution is 8.14. The minimum atomic E-state index is -0.577. The van der Waals surface area contributed by atoms with Crippen molar-refractivity contribution in [2.75, 3.05) is 19.3 Å². The predicted octanol–water partition coefficient (Wildman–Crippen LogP) is 2.78. The summed E-state index contributed by atoms with van der Waals surface area (Å²) in [5.41, 5.74) is 1.87. The highest BCUT2D eigenvalue weighted by atomic mass is 32.2. The summed E-state index contributed by atoms with van der Waals surface area (Å²) in [6.45, 7) is 0.608. The van der Waals surface area contributed by atoms with Crippen LogP contribution in [0, 0.1) is 0 Å². The molecule has 0 bridgehead atoms. The van der Waals surface area contributed by atoms with Crippen molar-refractivity contribution in [2.45, 2.75) is 25.0 Å². The highest BCUT2D eigenvalue weighted by Gasteiger charge is 2.48. The van der Waals surface area contributed by atoms with E-state index in [2.05, 4.69) is 22.4 Å². The summed E-state index contributed by atoms with van der Waals surface area (Å²) >= 11 is 1.32. The first-order chi connectivity index (χ1) is 15.0. The molecule has 160 valence electrons. The fraction of sp³-hybridized carbons (Fsp3) is 0.304. The van der Waals surface area contributed by atoms with Crippen molar-refractivity contribution in [1.82, 2.24) is 15.1 Å². The van der Waals surface area contributed by atoms with Gasteiger partial charge < -0.3 is 9.80 Å². The topological polar surface area (TPSA) is 82.1 Å². The molecule has 8 heteroatoms. The fourth-order valence-corrected chi connectivity index (χ4v) is 4.77. The van der Waals surface area contributed by atoms with Gasteiger partial charge in [-0.05, 0) is 18.4 Å². The van der Waals surface area contributed by atoms with Crippen LogP contribution in [0.25, 0.3) is 0 Å². The number of amidine groups is 1. The fourth-order valence-electron chi connectivity index (χ4n) is 3.79. The third-order valence-electron chi connectivity index (χ3n) is 5.46. The summed E-state index contributed by atoms with van der Waals surface area (Å²) in [6.07, 6.45) is 1.11. The Morgan fingerprint density at radius 3 is 2.45 bits per heavy atom. The van der Waals surface area contributed by atoms with Crippen LogP contribution in [0.1, 0.15) is 22.3 Å². The second-order valence-electron chi connectivity index (χ2n) is 7.54. The Labute approximate surface area is 185 Å². The first-order valence-corrected chi connectivity index (χ1v) is 11.2. The number of urea groups is 1. The molecule has 1 N–H and O–H groups in total. The maximum absolute atomic E-state index is 12.6. The molecule has 2 aliphatic heterocycles. The van der Waals surface area contributed by atoms with Crippen molar-refractivity contribution < 1.29 is 14.4 Å². The Morgan fingerprint density at radius 1 is 1.06 bits per heavy atom. The molecule has 4 rings (SSSR count). The van der Waals surface area contributed by atoms with Gasteiger partial charge in [0.05, 0.1) is 5.75 Å². The molecule has 0 saturated carbocycles. The van der Waals surface area contributed by atoms with Gasteiger partial charge in [-0.2, -0.15) is 0 Å². The van der Waals surface area contributed by atoms with Gasteiger partial charge in [-0.25, -0.2) is 9.79 Å². The number of aliphatic imine (C=N–C) groups is 1. The third kappa shape index (κ3) is 4.64. The number of imide groups is 1. The number of rotatable bonds is 7. The molecule has 0 spiro atoms. The number of nitrogens with zero attached hydrogens (tertiary/aromatic N) is 3. The van der Waals surface area contributed by atoms with Gasteiger partial charge in [0.15, 0.2) is 23.2 Å². The van der Waals surface area contributed by atoms with E-state index in [1.807, 2.05) is 41.3 Å². The zero-order valence-corrected chi connectivity index (χ0v) is 18.0. The maximum Gasteiger partial charge on any atom is 0.325 e. The number of likely N-dealkylation sites (N-methyl/N-ethyl adjacent to an activating group) is 1. The van der Waals surface area contributed by atoms with E-state index in [9.17, 15) is 14.4 Å². The number of amides is 3. The molecule has 2 atom stereocenters. The summed E-state index contributed by atoms with van der Waals surface area (Å²) in [4.78, 5) is 45.3. The third-order valence-corrected chi connectivity index (χ3v) is 6.46. The average Bonchev–Trinajstić information content (AvgIpc) is 3.16. The molecule has 3 amide bonds. The number of hydrogen-bond donors (Lipinski definition) is 1. The van der Waals surface area contributed by atoms with Gasteiger partial charge in [0.25, 0.3) is 5.91 Å². The minimum absolute atomic E-state index is 0.00119. The first kappa shape index (κ1) is 21.1. The molecule has 31 heavy (non-hydrogen) atoms. The highest BCUT2D eigenvalue weighted by Crippen LogP contribution is 2.29. The van der Waals surface area contributed by atoms with E-state index in [4.69, 9.17) is 0 Å². The summed E-state index contributed by atoms with van der Waals surface area (Å²) in [6, 6.07) is 18.2. The van der Waals surface area contributed by atoms with Crippen molar-refractivity contribution in [3.05, 3.63) is 71.8 Å². The summed E-state index contributed by atoms with van der Waals surface area (Å²) in [5, 5.41) is 3.04. The van der Waals surface area contributed by atoms with Crippen LogP contribution in [0.15, 0.2) is 65.7 Å². The van der Waals surface area contributed by atoms with Gasteiger partial charge in [-0.15, -0.1) is 0 Å². The Kier molecular flexibility index (Phi) is 6.36. The summed E-state index contributed by atoms with van der Waals surface area (Å²) in [7, 11) is 1.63. The number of thioether (sulfide) groups is 1. The average molecular weight is 437 g/mol. The molecule has 2 heterocycles. The Morgan fingerprint density at radius 2 is 1.74 bits per heavy atom. The van der Waals surface area contributed by atoms with Gasteiger partial charge in [-0.1, -0.05) is 72.4 Å². The zero-order valence-electron chi connectivity index (χ0n) is 17.2. The number of aryl methyl sites for hydroxylation is 1. The number of benzene rings is 2. The lowest BCUT2D eigenvalue weighted by Crippen LogP contribution is -2.63. The van der Waals surface area contributed by atoms with Crippen LogP contribution in [0.3, 0.4) is 0 Å². The summed E-state index contributed by atoms with van der Waals surface area (Å²) < 4.78 is 0. The van der Waals surface area contributed by atoms with E-state index in [1.165, 1.54) is 22.2 Å². The van der Waals surface area contributed by atoms with E-state index in [-0.39, 0.29) is 17.4 Å². The number of ketones is 1. The number of carbonyl (C=O) groups is 3. The summed E-state index contributed by atoms with van der Waals surface area (Å²) in [5.74, 6) is -0.126. The second-order valence-corrected chi connectivity index (χ2v) is 8.48. The number of nitrogens with one attached hydrogen (secondary N) is 1. The Bertz CT molecular complexity index is 996. The number of fused-ring (bicyclic) bond motifs is 1. The number of Topliss-reactive ketones (excluding diaryl/α,β-unsaturated/α-hetero) is 1. The molecule has 7 nitrogen and oxygen atoms in total. The van der Waals surface area contributed by atoms with Crippen LogP contribution in [0.2, 0.25) is 0 Å². The monoisotopic (exact) mass is 436 g/mol. The molecule has 1 saturated heterocycles. The smallest absolute Gasteiger partial charge is 0.325 e. The van der Waals surface area contributed by atoms with Crippen molar-refractivity contribution >= 4 is 34.7 Å². The zero-order chi connectivity index (χ0) is 21.8. The van der Waals surface area contributed by atoms with Gasteiger partial charge in [-0.3, -0.25) is 14.9 Å². The van der Waals surface area contributed by atoms with Crippen LogP contribution in [0.4, 0.5) is 4.79 Å². The molecule has 2 aromatic rings. The van der Waals surface area contributed by atoms with Crippen LogP contribution in [-0.4, -0.2) is 64.2 Å². The van der Waals surface area contributed by atoms with Gasteiger partial charge in [0.1, 0.15) is 0 Å². The Hall–Kier alpha value is -3.13.